The van der Waals surface area contributed by atoms with Crippen molar-refractivity contribution in [3.8, 4) is 5.75 Å². The molecule has 0 fully saturated rings. The predicted octanol–water partition coefficient (Wildman–Crippen LogP) is 3.43. The lowest BCUT2D eigenvalue weighted by Crippen LogP contribution is -1.98. The second-order valence-corrected chi connectivity index (χ2v) is 4.58. The number of halogens is 1. The summed E-state index contributed by atoms with van der Waals surface area (Å²) in [4.78, 5) is 21.2. The van der Waals surface area contributed by atoms with E-state index in [9.17, 15) is 14.9 Å². The molecule has 0 aliphatic carbocycles. The number of hydrogen-bond acceptors (Lipinski definition) is 5. The maximum Gasteiger partial charge on any atom is 0.339 e. The molecular weight excluding hydrogens is 302 g/mol. The number of rotatable bonds is 5. The first-order valence-electron chi connectivity index (χ1n) is 5.78. The Morgan fingerprint density at radius 3 is 2.76 bits per heavy atom. The van der Waals surface area contributed by atoms with Gasteiger partial charge in [-0.15, -0.1) is 0 Å². The van der Waals surface area contributed by atoms with Crippen molar-refractivity contribution >= 4 is 23.3 Å². The Bertz CT molecular complexity index is 709. The Kier molecular flexibility index (Phi) is 4.13. The highest BCUT2D eigenvalue weighted by Crippen LogP contribution is 2.30. The summed E-state index contributed by atoms with van der Waals surface area (Å²) in [7, 11) is 0. The normalized spacial score (nSPS) is 10.4. The van der Waals surface area contributed by atoms with Crippen LogP contribution in [0.1, 0.15) is 21.9 Å². The minimum absolute atomic E-state index is 0.0235. The van der Waals surface area contributed by atoms with Crippen LogP contribution in [-0.2, 0) is 6.61 Å². The molecule has 0 atom stereocenters. The number of benzene rings is 1. The third-order valence-corrected chi connectivity index (χ3v) is 2.92. The lowest BCUT2D eigenvalue weighted by Gasteiger charge is -2.05. The Morgan fingerprint density at radius 2 is 2.19 bits per heavy atom. The molecule has 1 aromatic carbocycles. The van der Waals surface area contributed by atoms with Crippen molar-refractivity contribution in [1.82, 2.24) is 0 Å². The van der Waals surface area contributed by atoms with Gasteiger partial charge in [0.2, 0.25) is 0 Å². The fourth-order valence-corrected chi connectivity index (χ4v) is 1.90. The zero-order valence-electron chi connectivity index (χ0n) is 10.8. The van der Waals surface area contributed by atoms with Crippen LogP contribution in [0.2, 0.25) is 5.02 Å². The number of carboxylic acid groups (broad SMARTS) is 1. The van der Waals surface area contributed by atoms with Crippen LogP contribution >= 0.6 is 11.6 Å². The third kappa shape index (κ3) is 3.32. The van der Waals surface area contributed by atoms with Crippen molar-refractivity contribution in [2.24, 2.45) is 0 Å². The molecule has 0 bridgehead atoms. The Hall–Kier alpha value is -2.54. The summed E-state index contributed by atoms with van der Waals surface area (Å²) in [6.07, 6.45) is 0. The van der Waals surface area contributed by atoms with Gasteiger partial charge in [-0.25, -0.2) is 4.79 Å². The van der Waals surface area contributed by atoms with Crippen LogP contribution < -0.4 is 4.74 Å². The summed E-state index contributed by atoms with van der Waals surface area (Å²) in [5.41, 5.74) is -0.247. The van der Waals surface area contributed by atoms with E-state index < -0.39 is 10.9 Å². The number of aromatic carboxylic acids is 1. The molecule has 1 N–H and O–H groups in total. The van der Waals surface area contributed by atoms with Crippen molar-refractivity contribution in [1.29, 1.82) is 0 Å². The first kappa shape index (κ1) is 14.9. The topological polar surface area (TPSA) is 103 Å². The minimum atomic E-state index is -1.11. The van der Waals surface area contributed by atoms with Crippen LogP contribution in [0.15, 0.2) is 28.7 Å². The van der Waals surface area contributed by atoms with Crippen LogP contribution in [0.25, 0.3) is 0 Å². The Balaban J connectivity index is 2.19. The van der Waals surface area contributed by atoms with E-state index in [1.165, 1.54) is 31.2 Å². The predicted molar refractivity (Wildman–Crippen MR) is 72.8 cm³/mol. The first-order valence-corrected chi connectivity index (χ1v) is 6.15. The third-order valence-electron chi connectivity index (χ3n) is 2.69. The molecule has 0 spiro atoms. The van der Waals surface area contributed by atoms with Crippen LogP contribution in [0.5, 0.6) is 5.75 Å². The number of aryl methyl sites for hydroxylation is 1. The summed E-state index contributed by atoms with van der Waals surface area (Å²) >= 11 is 5.69. The van der Waals surface area contributed by atoms with Gasteiger partial charge in [-0.3, -0.25) is 10.1 Å². The summed E-state index contributed by atoms with van der Waals surface area (Å²) in [6.45, 7) is 1.38. The maximum absolute atomic E-state index is 10.9. The van der Waals surface area contributed by atoms with E-state index >= 15 is 0 Å². The smallest absolute Gasteiger partial charge is 0.339 e. The van der Waals surface area contributed by atoms with E-state index in [1.54, 1.807) is 0 Å². The Labute approximate surface area is 123 Å². The van der Waals surface area contributed by atoms with Gasteiger partial charge in [0.15, 0.2) is 5.75 Å². The van der Waals surface area contributed by atoms with Gasteiger partial charge in [0.1, 0.15) is 23.7 Å². The highest BCUT2D eigenvalue weighted by atomic mass is 35.5. The number of nitro benzene ring substituents is 1. The largest absolute Gasteiger partial charge is 0.479 e. The average molecular weight is 312 g/mol. The van der Waals surface area contributed by atoms with Crippen molar-refractivity contribution < 1.29 is 24.0 Å². The van der Waals surface area contributed by atoms with Crippen LogP contribution in [0, 0.1) is 17.0 Å². The molecule has 110 valence electrons. The van der Waals surface area contributed by atoms with Gasteiger partial charge in [0.05, 0.1) is 4.92 Å². The number of carbonyl (C=O) groups is 1. The monoisotopic (exact) mass is 311 g/mol. The zero-order chi connectivity index (χ0) is 15.6. The Morgan fingerprint density at radius 1 is 1.48 bits per heavy atom. The summed E-state index contributed by atoms with van der Waals surface area (Å²) in [5, 5.41) is 20.0. The van der Waals surface area contributed by atoms with Crippen LogP contribution in [-0.4, -0.2) is 16.0 Å². The second-order valence-electron chi connectivity index (χ2n) is 4.15. The SMILES string of the molecule is Cc1oc(COc2ccc(Cl)cc2[N+](=O)[O-])cc1C(=O)O. The molecule has 0 amide bonds. The lowest BCUT2D eigenvalue weighted by molar-refractivity contribution is -0.385. The fraction of sp³-hybridized carbons (Fsp3) is 0.154. The second kappa shape index (κ2) is 5.84. The van der Waals surface area contributed by atoms with Gasteiger partial charge in [-0.1, -0.05) is 11.6 Å². The molecule has 0 aliphatic heterocycles. The van der Waals surface area contributed by atoms with Crippen molar-refractivity contribution in [3.63, 3.8) is 0 Å². The molecule has 1 heterocycles. The fourth-order valence-electron chi connectivity index (χ4n) is 1.73. The molecular formula is C13H10ClNO6. The van der Waals surface area contributed by atoms with Gasteiger partial charge in [0, 0.05) is 11.1 Å². The van der Waals surface area contributed by atoms with E-state index in [2.05, 4.69) is 0 Å². The lowest BCUT2D eigenvalue weighted by atomic mass is 10.2. The quantitative estimate of drug-likeness (QED) is 0.670. The molecule has 0 saturated carbocycles. The van der Waals surface area contributed by atoms with Crippen LogP contribution in [0.4, 0.5) is 5.69 Å². The molecule has 0 saturated heterocycles. The van der Waals surface area contributed by atoms with Gasteiger partial charge in [-0.05, 0) is 25.1 Å². The van der Waals surface area contributed by atoms with Crippen LogP contribution in [0.3, 0.4) is 0 Å². The molecule has 8 heteroatoms. The van der Waals surface area contributed by atoms with Crippen molar-refractivity contribution in [2.45, 2.75) is 13.5 Å². The van der Waals surface area contributed by atoms with E-state index in [0.717, 1.165) is 0 Å². The average Bonchev–Trinajstić information content (AvgIpc) is 2.78. The standard InChI is InChI=1S/C13H10ClNO6/c1-7-10(13(16)17)5-9(21-7)6-20-12-3-2-8(14)4-11(12)15(18)19/h2-5H,6H2,1H3,(H,16,17). The molecule has 1 aromatic heterocycles. The summed E-state index contributed by atoms with van der Waals surface area (Å²) in [5.74, 6) is -0.587. The van der Waals surface area contributed by atoms with E-state index in [4.69, 9.17) is 25.9 Å². The van der Waals surface area contributed by atoms with Crippen molar-refractivity contribution in [2.75, 3.05) is 0 Å². The molecule has 21 heavy (non-hydrogen) atoms. The molecule has 2 aromatic rings. The zero-order valence-corrected chi connectivity index (χ0v) is 11.6. The number of nitrogens with zero attached hydrogens (tertiary/aromatic N) is 1. The number of hydrogen-bond donors (Lipinski definition) is 1. The number of furan rings is 1. The molecule has 7 nitrogen and oxygen atoms in total. The highest BCUT2D eigenvalue weighted by Gasteiger charge is 2.18. The van der Waals surface area contributed by atoms with Gasteiger partial charge in [-0.2, -0.15) is 0 Å². The van der Waals surface area contributed by atoms with Gasteiger partial charge < -0.3 is 14.3 Å². The molecule has 0 unspecified atom stereocenters. The first-order chi connectivity index (χ1) is 9.88. The van der Waals surface area contributed by atoms with E-state index in [1.807, 2.05) is 0 Å². The van der Waals surface area contributed by atoms with Gasteiger partial charge >= 0.3 is 11.7 Å². The number of carboxylic acids is 1. The van der Waals surface area contributed by atoms with E-state index in [-0.39, 0.29) is 40.2 Å². The molecule has 0 aliphatic rings. The molecule has 2 rings (SSSR count). The number of ether oxygens (including phenoxy) is 1. The summed E-state index contributed by atoms with van der Waals surface area (Å²) in [6, 6.07) is 5.32. The van der Waals surface area contributed by atoms with Gasteiger partial charge in [0.25, 0.3) is 0 Å². The van der Waals surface area contributed by atoms with E-state index in [0.29, 0.717) is 0 Å². The number of nitro groups is 1. The maximum atomic E-state index is 10.9. The minimum Gasteiger partial charge on any atom is -0.479 e. The molecule has 0 radical (unpaired) electrons. The summed E-state index contributed by atoms with van der Waals surface area (Å²) < 4.78 is 10.5. The highest BCUT2D eigenvalue weighted by molar-refractivity contribution is 6.30. The van der Waals surface area contributed by atoms with Crippen molar-refractivity contribution in [3.05, 3.63) is 56.5 Å².